The minimum Gasteiger partial charge on any atom is -0.411 e. The van der Waals surface area contributed by atoms with Gasteiger partial charge in [0.1, 0.15) is 0 Å². The Morgan fingerprint density at radius 2 is 1.79 bits per heavy atom. The lowest BCUT2D eigenvalue weighted by atomic mass is 9.85. The van der Waals surface area contributed by atoms with Crippen LogP contribution in [0.3, 0.4) is 0 Å². The number of hydrogen-bond donors (Lipinski definition) is 2. The highest BCUT2D eigenvalue weighted by Crippen LogP contribution is 2.49. The maximum atomic E-state index is 8.88. The van der Waals surface area contributed by atoms with Crippen molar-refractivity contribution >= 4 is 11.4 Å². The van der Waals surface area contributed by atoms with Crippen molar-refractivity contribution in [3.8, 4) is 0 Å². The van der Waals surface area contributed by atoms with Gasteiger partial charge < -0.3 is 10.4 Å². The van der Waals surface area contributed by atoms with Crippen molar-refractivity contribution in [1.82, 2.24) is 0 Å². The van der Waals surface area contributed by atoms with Crippen LogP contribution >= 0.6 is 0 Å². The van der Waals surface area contributed by atoms with Gasteiger partial charge in [0.05, 0.1) is 11.4 Å². The number of fused-ring (bicyclic) bond motifs is 5. The lowest BCUT2D eigenvalue weighted by Crippen LogP contribution is -2.20. The molecule has 0 aromatic rings. The van der Waals surface area contributed by atoms with Gasteiger partial charge in [-0.2, -0.15) is 0 Å². The van der Waals surface area contributed by atoms with E-state index in [0.717, 1.165) is 5.71 Å². The normalized spacial score (nSPS) is 48.3. The van der Waals surface area contributed by atoms with Gasteiger partial charge in [-0.1, -0.05) is 28.5 Å². The lowest BCUT2D eigenvalue weighted by Gasteiger charge is -2.17. The fraction of sp³-hybridized carbons (Fsp3) is 0.400. The summed E-state index contributed by atoms with van der Waals surface area (Å²) in [6.07, 6.45) is 8.01. The molecule has 0 aromatic heterocycles. The van der Waals surface area contributed by atoms with E-state index >= 15 is 0 Å². The topological polar surface area (TPSA) is 65.2 Å². The van der Waals surface area contributed by atoms with Gasteiger partial charge in [-0.25, -0.2) is 0 Å². The fourth-order valence-corrected chi connectivity index (χ4v) is 2.93. The Bertz CT molecular complexity index is 395. The van der Waals surface area contributed by atoms with Crippen LogP contribution in [0.4, 0.5) is 0 Å². The summed E-state index contributed by atoms with van der Waals surface area (Å²) in [5.41, 5.74) is 1.51. The number of rotatable bonds is 0. The van der Waals surface area contributed by atoms with Crippen molar-refractivity contribution in [2.75, 3.05) is 0 Å². The maximum Gasteiger partial charge on any atom is 0.0839 e. The third-order valence-corrected chi connectivity index (χ3v) is 3.49. The third kappa shape index (κ3) is 0.697. The monoisotopic (exact) mass is 190 g/mol. The molecule has 0 radical (unpaired) electrons. The molecule has 4 nitrogen and oxygen atoms in total. The number of oxime groups is 2. The molecule has 4 atom stereocenters. The molecule has 2 N–H and O–H groups in total. The van der Waals surface area contributed by atoms with E-state index in [0.29, 0.717) is 11.6 Å². The molecular weight excluding hydrogens is 180 g/mol. The van der Waals surface area contributed by atoms with Crippen LogP contribution in [0.2, 0.25) is 0 Å². The van der Waals surface area contributed by atoms with Gasteiger partial charge in [-0.15, -0.1) is 0 Å². The molecule has 0 aliphatic heterocycles. The highest BCUT2D eigenvalue weighted by Gasteiger charge is 2.52. The summed E-state index contributed by atoms with van der Waals surface area (Å²) in [7, 11) is 0. The lowest BCUT2D eigenvalue weighted by molar-refractivity contribution is 0.312. The van der Waals surface area contributed by atoms with Crippen molar-refractivity contribution in [3.05, 3.63) is 24.3 Å². The van der Waals surface area contributed by atoms with Gasteiger partial charge in [0.2, 0.25) is 0 Å². The smallest absolute Gasteiger partial charge is 0.0839 e. The minimum atomic E-state index is 0.121. The molecule has 72 valence electrons. The van der Waals surface area contributed by atoms with E-state index in [1.165, 1.54) is 0 Å². The predicted molar refractivity (Wildman–Crippen MR) is 50.7 cm³/mol. The molecule has 2 bridgehead atoms. The first-order chi connectivity index (χ1) is 6.86. The van der Waals surface area contributed by atoms with Crippen molar-refractivity contribution < 1.29 is 10.4 Å². The second-order valence-electron chi connectivity index (χ2n) is 3.95. The maximum absolute atomic E-state index is 8.88. The molecular formula is C10H10N2O2. The molecule has 0 amide bonds. The Labute approximate surface area is 80.9 Å². The summed E-state index contributed by atoms with van der Waals surface area (Å²) in [6, 6.07) is 0. The van der Waals surface area contributed by atoms with Crippen LogP contribution in [0.5, 0.6) is 0 Å². The SMILES string of the molecule is O/N=C1/C=C[C@@H]2[C@H]1[C@@H]1C=C[C@@H]2/C1=N/O. The van der Waals surface area contributed by atoms with E-state index in [9.17, 15) is 0 Å². The summed E-state index contributed by atoms with van der Waals surface area (Å²) in [4.78, 5) is 0. The molecule has 0 heterocycles. The zero-order chi connectivity index (χ0) is 9.71. The van der Waals surface area contributed by atoms with Gasteiger partial charge in [-0.05, 0) is 12.0 Å². The molecule has 1 fully saturated rings. The molecule has 14 heavy (non-hydrogen) atoms. The van der Waals surface area contributed by atoms with Crippen LogP contribution in [0, 0.1) is 23.7 Å². The summed E-state index contributed by atoms with van der Waals surface area (Å²) in [6.45, 7) is 0. The van der Waals surface area contributed by atoms with E-state index in [1.807, 2.05) is 18.2 Å². The highest BCUT2D eigenvalue weighted by molar-refractivity contribution is 6.09. The van der Waals surface area contributed by atoms with Crippen LogP contribution in [-0.4, -0.2) is 21.8 Å². The average molecular weight is 190 g/mol. The molecule has 3 rings (SSSR count). The molecule has 4 heteroatoms. The van der Waals surface area contributed by atoms with Gasteiger partial charge in [0.25, 0.3) is 0 Å². The Kier molecular flexibility index (Phi) is 1.37. The fourth-order valence-electron chi connectivity index (χ4n) is 2.93. The average Bonchev–Trinajstić information content (AvgIpc) is 2.87. The van der Waals surface area contributed by atoms with Gasteiger partial charge in [0.15, 0.2) is 0 Å². The van der Waals surface area contributed by atoms with E-state index in [4.69, 9.17) is 10.4 Å². The van der Waals surface area contributed by atoms with Gasteiger partial charge in [0, 0.05) is 17.8 Å². The summed E-state index contributed by atoms with van der Waals surface area (Å²) >= 11 is 0. The number of allylic oxidation sites excluding steroid dienone is 4. The summed E-state index contributed by atoms with van der Waals surface area (Å²) in [5.74, 6) is 0.823. The van der Waals surface area contributed by atoms with E-state index in [-0.39, 0.29) is 17.8 Å². The molecule has 0 unspecified atom stereocenters. The molecule has 3 aliphatic carbocycles. The van der Waals surface area contributed by atoms with Crippen LogP contribution in [-0.2, 0) is 0 Å². The second kappa shape index (κ2) is 2.47. The van der Waals surface area contributed by atoms with E-state index in [2.05, 4.69) is 16.4 Å². The third-order valence-electron chi connectivity index (χ3n) is 3.49. The molecule has 0 saturated heterocycles. The van der Waals surface area contributed by atoms with E-state index in [1.54, 1.807) is 0 Å². The Morgan fingerprint density at radius 3 is 2.50 bits per heavy atom. The Balaban J connectivity index is 2.08. The summed E-state index contributed by atoms with van der Waals surface area (Å²) < 4.78 is 0. The van der Waals surface area contributed by atoms with Crippen molar-refractivity contribution in [3.63, 3.8) is 0 Å². The van der Waals surface area contributed by atoms with Crippen molar-refractivity contribution in [2.45, 2.75) is 0 Å². The Morgan fingerprint density at radius 1 is 1.00 bits per heavy atom. The minimum absolute atomic E-state index is 0.121. The first kappa shape index (κ1) is 7.79. The van der Waals surface area contributed by atoms with E-state index < -0.39 is 0 Å². The van der Waals surface area contributed by atoms with Gasteiger partial charge in [-0.3, -0.25) is 0 Å². The largest absolute Gasteiger partial charge is 0.411 e. The highest BCUT2D eigenvalue weighted by atomic mass is 16.4. The zero-order valence-electron chi connectivity index (χ0n) is 7.41. The zero-order valence-corrected chi connectivity index (χ0v) is 7.41. The molecule has 1 saturated carbocycles. The number of hydrogen-bond acceptors (Lipinski definition) is 4. The van der Waals surface area contributed by atoms with Crippen LogP contribution in [0.15, 0.2) is 34.6 Å². The standard InChI is InChI=1S/C10H10N2O2/c13-11-8-4-3-5-6-1-2-7(9(5)8)10(6)12-14/h1-7,9,13-14H/b11-8-,12-10-/t5-,6-,7-,9-/m0/s1. The predicted octanol–water partition coefficient (Wildman–Crippen LogP) is 1.26. The van der Waals surface area contributed by atoms with Crippen LogP contribution < -0.4 is 0 Å². The van der Waals surface area contributed by atoms with Crippen LogP contribution in [0.1, 0.15) is 0 Å². The van der Waals surface area contributed by atoms with Gasteiger partial charge >= 0.3 is 0 Å². The summed E-state index contributed by atoms with van der Waals surface area (Å²) in [5, 5.41) is 24.3. The molecule has 3 aliphatic rings. The first-order valence-electron chi connectivity index (χ1n) is 4.67. The van der Waals surface area contributed by atoms with Crippen LogP contribution in [0.25, 0.3) is 0 Å². The Hall–Kier alpha value is -1.58. The molecule has 0 aromatic carbocycles. The molecule has 0 spiro atoms. The second-order valence-corrected chi connectivity index (χ2v) is 3.95. The first-order valence-corrected chi connectivity index (χ1v) is 4.67. The van der Waals surface area contributed by atoms with Crippen molar-refractivity contribution in [2.24, 2.45) is 34.0 Å². The quantitative estimate of drug-likeness (QED) is 0.343. The van der Waals surface area contributed by atoms with Crippen molar-refractivity contribution in [1.29, 1.82) is 0 Å². The number of nitrogens with zero attached hydrogens (tertiary/aromatic N) is 2.